The van der Waals surface area contributed by atoms with E-state index in [2.05, 4.69) is 6.92 Å². The number of hydrogen-bond donors (Lipinski definition) is 0. The number of pyridine rings is 1. The summed E-state index contributed by atoms with van der Waals surface area (Å²) >= 11 is 0. The van der Waals surface area contributed by atoms with Crippen molar-refractivity contribution in [1.82, 2.24) is 0 Å². The number of unbranched alkanes of at least 4 members (excludes halogenated alkanes) is 8. The minimum absolute atomic E-state index is 0.120. The molecular weight excluding hydrogens is 206 g/mol. The molecule has 1 rings (SSSR count). The summed E-state index contributed by atoms with van der Waals surface area (Å²) in [6.07, 6.45) is 10.6. The average Bonchev–Trinajstić information content (AvgIpc) is 2.52. The van der Waals surface area contributed by atoms with Crippen molar-refractivity contribution in [3.8, 4) is 0 Å². The van der Waals surface area contributed by atoms with Gasteiger partial charge in [0.25, 0.3) is 0 Å². The van der Waals surface area contributed by atoms with E-state index in [0.717, 1.165) is 19.3 Å². The molecule has 0 unspecified atom stereocenters. The summed E-state index contributed by atoms with van der Waals surface area (Å²) in [5.74, 6) is 0. The maximum atomic E-state index is 7.84. The molecule has 96 valence electrons. The van der Waals surface area contributed by atoms with Crippen LogP contribution in [0.15, 0.2) is 30.5 Å². The Morgan fingerprint density at radius 3 is 1.88 bits per heavy atom. The zero-order valence-corrected chi connectivity index (χ0v) is 11.0. The molecular formula is C16H28N+. The van der Waals surface area contributed by atoms with E-state index < -0.39 is 0 Å². The molecule has 1 aromatic heterocycles. The van der Waals surface area contributed by atoms with Gasteiger partial charge in [0, 0.05) is 18.5 Å². The van der Waals surface area contributed by atoms with Crippen LogP contribution in [0.25, 0.3) is 0 Å². The highest BCUT2D eigenvalue weighted by Crippen LogP contribution is 2.09. The molecule has 1 heterocycles. The van der Waals surface area contributed by atoms with E-state index in [1.165, 1.54) is 43.1 Å². The smallest absolute Gasteiger partial charge is 0.168 e. The van der Waals surface area contributed by atoms with E-state index in [4.69, 9.17) is 6.85 Å². The fourth-order valence-corrected chi connectivity index (χ4v) is 1.94. The molecule has 0 aliphatic rings. The lowest BCUT2D eigenvalue weighted by Crippen LogP contribution is -2.32. The van der Waals surface area contributed by atoms with Crippen LogP contribution in [-0.4, -0.2) is 0 Å². The molecule has 0 amide bonds. The fourth-order valence-electron chi connectivity index (χ4n) is 1.94. The van der Waals surface area contributed by atoms with Gasteiger partial charge in [0.1, 0.15) is 9.29 Å². The van der Waals surface area contributed by atoms with Crippen molar-refractivity contribution in [3.05, 3.63) is 30.5 Å². The van der Waals surface area contributed by atoms with Crippen LogP contribution in [-0.2, 0) is 6.54 Å². The second-order valence-corrected chi connectivity index (χ2v) is 4.58. The van der Waals surface area contributed by atoms with Gasteiger partial charge in [0.05, 0.1) is 4.11 Å². The van der Waals surface area contributed by atoms with Crippen molar-refractivity contribution in [2.24, 2.45) is 0 Å². The molecule has 1 nitrogen and oxygen atoms in total. The van der Waals surface area contributed by atoms with Gasteiger partial charge in [-0.25, -0.2) is 4.57 Å². The number of hydrogen-bond acceptors (Lipinski definition) is 0. The van der Waals surface area contributed by atoms with Crippen molar-refractivity contribution in [2.45, 2.75) is 71.3 Å². The van der Waals surface area contributed by atoms with Crippen molar-refractivity contribution in [2.75, 3.05) is 0 Å². The van der Waals surface area contributed by atoms with Crippen LogP contribution in [0.2, 0.25) is 0 Å². The molecule has 0 spiro atoms. The highest BCUT2D eigenvalue weighted by Gasteiger charge is 1.97. The van der Waals surface area contributed by atoms with Crippen LogP contribution in [0, 0.1) is 0 Å². The predicted molar refractivity (Wildman–Crippen MR) is 73.9 cm³/mol. The van der Waals surface area contributed by atoms with E-state index in [1.807, 2.05) is 0 Å². The first-order chi connectivity index (χ1) is 10.5. The summed E-state index contributed by atoms with van der Waals surface area (Å²) < 4.78 is 39.9. The summed E-state index contributed by atoms with van der Waals surface area (Å²) in [4.78, 5) is 0. The third-order valence-corrected chi connectivity index (χ3v) is 2.99. The Morgan fingerprint density at radius 2 is 1.29 bits per heavy atom. The number of rotatable bonds is 10. The summed E-state index contributed by atoms with van der Waals surface area (Å²) in [5, 5.41) is 0. The van der Waals surface area contributed by atoms with E-state index in [9.17, 15) is 0 Å². The molecule has 0 N–H and O–H groups in total. The first-order valence-corrected chi connectivity index (χ1v) is 6.97. The minimum atomic E-state index is -0.321. The van der Waals surface area contributed by atoms with E-state index in [-0.39, 0.29) is 30.5 Å². The van der Waals surface area contributed by atoms with Crippen molar-refractivity contribution < 1.29 is 11.4 Å². The molecule has 0 saturated heterocycles. The topological polar surface area (TPSA) is 3.88 Å². The number of nitrogens with zero attached hydrogens (tertiary/aromatic N) is 1. The maximum Gasteiger partial charge on any atom is 0.168 e. The lowest BCUT2D eigenvalue weighted by Gasteiger charge is -2.00. The SMILES string of the molecule is [2H]c1c([2H])c([2H])[n+](CCCCCCCCCCC)c([2H])c1[2H]. The summed E-state index contributed by atoms with van der Waals surface area (Å²) in [7, 11) is 0. The average molecular weight is 239 g/mol. The first-order valence-electron chi connectivity index (χ1n) is 9.47. The Morgan fingerprint density at radius 1 is 0.765 bits per heavy atom. The van der Waals surface area contributed by atoms with Gasteiger partial charge < -0.3 is 0 Å². The monoisotopic (exact) mass is 239 g/mol. The quantitative estimate of drug-likeness (QED) is 0.418. The Labute approximate surface area is 114 Å². The number of aromatic nitrogens is 1. The van der Waals surface area contributed by atoms with Gasteiger partial charge in [0.2, 0.25) is 0 Å². The third kappa shape index (κ3) is 7.95. The third-order valence-electron chi connectivity index (χ3n) is 2.99. The molecule has 17 heavy (non-hydrogen) atoms. The summed E-state index contributed by atoms with van der Waals surface area (Å²) in [5.41, 5.74) is 0. The molecule has 0 aliphatic carbocycles. The van der Waals surface area contributed by atoms with Crippen LogP contribution < -0.4 is 4.57 Å². The highest BCUT2D eigenvalue weighted by atomic mass is 14.9. The maximum absolute atomic E-state index is 7.84. The summed E-state index contributed by atoms with van der Waals surface area (Å²) in [6, 6.07) is -0.827. The fraction of sp³-hybridized carbons (Fsp3) is 0.688. The lowest BCUT2D eigenvalue weighted by atomic mass is 10.1. The zero-order valence-electron chi connectivity index (χ0n) is 16.0. The van der Waals surface area contributed by atoms with Crippen LogP contribution in [0.3, 0.4) is 0 Å². The Balaban J connectivity index is 2.34. The zero-order chi connectivity index (χ0) is 16.5. The van der Waals surface area contributed by atoms with Gasteiger partial charge in [-0.1, -0.05) is 57.9 Å². The van der Waals surface area contributed by atoms with Gasteiger partial charge in [-0.15, -0.1) is 0 Å². The first kappa shape index (κ1) is 8.29. The van der Waals surface area contributed by atoms with Gasteiger partial charge in [-0.3, -0.25) is 0 Å². The van der Waals surface area contributed by atoms with Crippen LogP contribution in [0.4, 0.5) is 0 Å². The van der Waals surface area contributed by atoms with Crippen LogP contribution in [0.5, 0.6) is 0 Å². The van der Waals surface area contributed by atoms with Crippen molar-refractivity contribution in [3.63, 3.8) is 0 Å². The molecule has 0 saturated carbocycles. The molecule has 1 heteroatoms. The molecule has 0 aliphatic heterocycles. The standard InChI is InChI=1S/C16H28N/c1-2-3-4-5-6-7-8-9-11-14-17-15-12-10-13-16-17/h10,12-13,15-16H,2-9,11,14H2,1H3/q+1/i10D,12D,13D,15D,16D. The Bertz CT molecular complexity index is 447. The second-order valence-electron chi connectivity index (χ2n) is 4.58. The molecule has 0 bridgehead atoms. The lowest BCUT2D eigenvalue weighted by molar-refractivity contribution is -0.697. The predicted octanol–water partition coefficient (Wildman–Crippen LogP) is 4.50. The molecule has 0 aromatic carbocycles. The molecule has 0 atom stereocenters. The molecule has 0 radical (unpaired) electrons. The normalized spacial score (nSPS) is 14.8. The van der Waals surface area contributed by atoms with Gasteiger partial charge in [-0.2, -0.15) is 0 Å². The second kappa shape index (κ2) is 10.3. The molecule has 1 aromatic rings. The Kier molecular flexibility index (Phi) is 5.03. The van der Waals surface area contributed by atoms with Crippen LogP contribution >= 0.6 is 0 Å². The van der Waals surface area contributed by atoms with E-state index in [1.54, 1.807) is 0 Å². The van der Waals surface area contributed by atoms with Crippen LogP contribution in [0.1, 0.15) is 71.6 Å². The van der Waals surface area contributed by atoms with Crippen molar-refractivity contribution in [1.29, 1.82) is 0 Å². The Hall–Kier alpha value is -0.850. The largest absolute Gasteiger partial charge is 0.205 e. The minimum Gasteiger partial charge on any atom is -0.205 e. The van der Waals surface area contributed by atoms with Gasteiger partial charge >= 0.3 is 0 Å². The highest BCUT2D eigenvalue weighted by molar-refractivity contribution is 4.83. The molecule has 0 fully saturated rings. The summed E-state index contributed by atoms with van der Waals surface area (Å²) in [6.45, 7) is 2.71. The van der Waals surface area contributed by atoms with E-state index in [0.29, 0.717) is 6.54 Å². The van der Waals surface area contributed by atoms with Crippen molar-refractivity contribution >= 4 is 0 Å². The van der Waals surface area contributed by atoms with Gasteiger partial charge in [0.15, 0.2) is 12.3 Å². The van der Waals surface area contributed by atoms with E-state index >= 15 is 0 Å². The van der Waals surface area contributed by atoms with Gasteiger partial charge in [-0.05, 0) is 6.42 Å².